The Bertz CT molecular complexity index is 1680. The third-order valence-electron chi connectivity index (χ3n) is 8.41. The lowest BCUT2D eigenvalue weighted by Crippen LogP contribution is -2.64. The number of hydrogen-bond donors (Lipinski definition) is 8. The van der Waals surface area contributed by atoms with Gasteiger partial charge in [-0.25, -0.2) is 0 Å². The quantitative estimate of drug-likeness (QED) is 0.143. The molecule has 8 N–H and O–H groups in total. The fourth-order valence-corrected chi connectivity index (χ4v) is 5.61. The standard InChI is InChI=1S/C33H40O15/c1-13(2)5-10-17-18(35)11-19(36)21-24(39)30(28(46-29(17)21)15-6-8-16(43-4)9-7-15)47-33-31(26(41)22(37)14(3)44-33)48-32-27(42)25(40)23(38)20(12-34)45-32/h5-9,11,14,20,22-23,25-27,31-38,40-42H,10,12H2,1-4H3/t14-,20+,22-,23+,25-,26+,27+,31+,32?,33?/m0/s1. The molecule has 0 bridgehead atoms. The summed E-state index contributed by atoms with van der Waals surface area (Å²) in [4.78, 5) is 14.3. The number of fused-ring (bicyclic) bond motifs is 1. The molecule has 1 aromatic heterocycles. The van der Waals surface area contributed by atoms with E-state index in [9.17, 15) is 45.6 Å². The van der Waals surface area contributed by atoms with Crippen LogP contribution in [0.5, 0.6) is 23.0 Å². The van der Waals surface area contributed by atoms with Crippen molar-refractivity contribution in [3.8, 4) is 34.3 Å². The monoisotopic (exact) mass is 676 g/mol. The number of hydrogen-bond acceptors (Lipinski definition) is 15. The van der Waals surface area contributed by atoms with Gasteiger partial charge in [-0.2, -0.15) is 0 Å². The molecule has 262 valence electrons. The van der Waals surface area contributed by atoms with Crippen LogP contribution in [-0.4, -0.2) is 116 Å². The van der Waals surface area contributed by atoms with Gasteiger partial charge in [0.05, 0.1) is 19.8 Å². The molecular weight excluding hydrogens is 636 g/mol. The molecule has 2 saturated heterocycles. The molecule has 10 atom stereocenters. The smallest absolute Gasteiger partial charge is 0.239 e. The third-order valence-corrected chi connectivity index (χ3v) is 8.41. The Hall–Kier alpha value is -3.77. The van der Waals surface area contributed by atoms with E-state index in [2.05, 4.69) is 0 Å². The van der Waals surface area contributed by atoms with Crippen LogP contribution in [0.25, 0.3) is 22.3 Å². The van der Waals surface area contributed by atoms with Gasteiger partial charge in [0.15, 0.2) is 18.2 Å². The molecule has 0 saturated carbocycles. The molecule has 3 aromatic rings. The molecule has 2 fully saturated rings. The maximum Gasteiger partial charge on any atom is 0.239 e. The van der Waals surface area contributed by atoms with E-state index in [1.807, 2.05) is 13.8 Å². The zero-order valence-corrected chi connectivity index (χ0v) is 26.6. The lowest BCUT2D eigenvalue weighted by molar-refractivity contribution is -0.355. The highest BCUT2D eigenvalue weighted by molar-refractivity contribution is 5.91. The second-order valence-electron chi connectivity index (χ2n) is 12.0. The lowest BCUT2D eigenvalue weighted by Gasteiger charge is -2.45. The van der Waals surface area contributed by atoms with Crippen molar-refractivity contribution in [2.45, 2.75) is 88.6 Å². The second-order valence-corrected chi connectivity index (χ2v) is 12.0. The first kappa shape index (κ1) is 35.5. The summed E-state index contributed by atoms with van der Waals surface area (Å²) in [7, 11) is 1.47. The summed E-state index contributed by atoms with van der Waals surface area (Å²) in [5.74, 6) is -1.11. The first-order valence-electron chi connectivity index (χ1n) is 15.2. The molecule has 15 heteroatoms. The topological polar surface area (TPSA) is 238 Å². The van der Waals surface area contributed by atoms with E-state index in [0.29, 0.717) is 11.3 Å². The summed E-state index contributed by atoms with van der Waals surface area (Å²) < 4.78 is 34.6. The zero-order chi connectivity index (χ0) is 35.0. The van der Waals surface area contributed by atoms with Gasteiger partial charge >= 0.3 is 0 Å². The minimum Gasteiger partial charge on any atom is -0.507 e. The highest BCUT2D eigenvalue weighted by Gasteiger charge is 2.51. The molecule has 0 aliphatic carbocycles. The fraction of sp³-hybridized carbons (Fsp3) is 0.485. The average molecular weight is 677 g/mol. The van der Waals surface area contributed by atoms with Crippen molar-refractivity contribution in [2.75, 3.05) is 13.7 Å². The number of aliphatic hydroxyl groups excluding tert-OH is 6. The van der Waals surface area contributed by atoms with Gasteiger partial charge < -0.3 is 69.0 Å². The minimum atomic E-state index is -1.88. The van der Waals surface area contributed by atoms with Crippen LogP contribution in [-0.2, 0) is 20.6 Å². The van der Waals surface area contributed by atoms with Gasteiger partial charge in [0.1, 0.15) is 64.8 Å². The highest BCUT2D eigenvalue weighted by atomic mass is 16.8. The molecule has 2 unspecified atom stereocenters. The zero-order valence-electron chi connectivity index (χ0n) is 26.6. The minimum absolute atomic E-state index is 0.115. The molecule has 0 radical (unpaired) electrons. The maximum atomic E-state index is 14.3. The second kappa shape index (κ2) is 14.4. The Morgan fingerprint density at radius 1 is 0.896 bits per heavy atom. The molecule has 2 aromatic carbocycles. The number of ether oxygens (including phenoxy) is 5. The lowest BCUT2D eigenvalue weighted by atomic mass is 9.97. The van der Waals surface area contributed by atoms with Crippen LogP contribution in [0.15, 0.2) is 51.2 Å². The number of phenols is 2. The van der Waals surface area contributed by atoms with Crippen LogP contribution < -0.4 is 14.9 Å². The fourth-order valence-electron chi connectivity index (χ4n) is 5.61. The van der Waals surface area contributed by atoms with Crippen LogP contribution in [0.1, 0.15) is 26.3 Å². The number of rotatable bonds is 9. The van der Waals surface area contributed by atoms with Crippen LogP contribution >= 0.6 is 0 Å². The van der Waals surface area contributed by atoms with Crippen LogP contribution in [0.2, 0.25) is 0 Å². The van der Waals surface area contributed by atoms with E-state index in [1.165, 1.54) is 14.0 Å². The first-order chi connectivity index (χ1) is 22.8. The van der Waals surface area contributed by atoms with Gasteiger partial charge in [-0.1, -0.05) is 11.6 Å². The summed E-state index contributed by atoms with van der Waals surface area (Å²) in [5, 5.41) is 83.7. The number of aliphatic hydroxyl groups is 6. The molecule has 3 heterocycles. The third kappa shape index (κ3) is 6.74. The first-order valence-corrected chi connectivity index (χ1v) is 15.2. The molecule has 5 rings (SSSR count). The Kier molecular flexibility index (Phi) is 10.6. The van der Waals surface area contributed by atoms with E-state index in [4.69, 9.17) is 28.1 Å². The van der Waals surface area contributed by atoms with Crippen LogP contribution in [0.4, 0.5) is 0 Å². The van der Waals surface area contributed by atoms with E-state index < -0.39 is 84.9 Å². The van der Waals surface area contributed by atoms with Gasteiger partial charge in [0.2, 0.25) is 17.5 Å². The summed E-state index contributed by atoms with van der Waals surface area (Å²) in [6, 6.07) is 7.34. The van der Waals surface area contributed by atoms with E-state index >= 15 is 0 Å². The van der Waals surface area contributed by atoms with E-state index in [-0.39, 0.29) is 34.5 Å². The SMILES string of the molecule is COc1ccc(-c2oc3c(CC=C(C)C)c(O)cc(O)c3c(=O)c2OC2O[C@@H](C)[C@H](O)[C@@H](O)[C@H]2OC2O[C@H](CO)[C@@H](O)[C@H](O)[C@H]2O)cc1. The predicted octanol–water partition coefficient (Wildman–Crippen LogP) is 0.419. The van der Waals surface area contributed by atoms with Gasteiger partial charge in [-0.15, -0.1) is 0 Å². The summed E-state index contributed by atoms with van der Waals surface area (Å²) >= 11 is 0. The van der Waals surface area contributed by atoms with Crippen molar-refractivity contribution in [1.29, 1.82) is 0 Å². The molecule has 0 spiro atoms. The highest BCUT2D eigenvalue weighted by Crippen LogP contribution is 2.41. The van der Waals surface area contributed by atoms with Crippen molar-refractivity contribution < 1.29 is 69.0 Å². The average Bonchev–Trinajstić information content (AvgIpc) is 3.05. The van der Waals surface area contributed by atoms with Gasteiger partial charge in [0, 0.05) is 17.2 Å². The van der Waals surface area contributed by atoms with Crippen molar-refractivity contribution in [3.05, 3.63) is 57.8 Å². The molecule has 48 heavy (non-hydrogen) atoms. The largest absolute Gasteiger partial charge is 0.507 e. The van der Waals surface area contributed by atoms with Crippen molar-refractivity contribution >= 4 is 11.0 Å². The van der Waals surface area contributed by atoms with Gasteiger partial charge in [-0.05, 0) is 51.5 Å². The Labute approximate surface area is 274 Å². The molecular formula is C33H40O15. The number of aromatic hydroxyl groups is 2. The maximum absolute atomic E-state index is 14.3. The Morgan fingerprint density at radius 2 is 1.58 bits per heavy atom. The number of phenolic OH excluding ortho intramolecular Hbond substituents is 2. The number of benzene rings is 2. The van der Waals surface area contributed by atoms with Crippen LogP contribution in [0.3, 0.4) is 0 Å². The normalized spacial score (nSPS) is 30.6. The van der Waals surface area contributed by atoms with Crippen molar-refractivity contribution in [2.24, 2.45) is 0 Å². The molecule has 2 aliphatic heterocycles. The van der Waals surface area contributed by atoms with Crippen molar-refractivity contribution in [3.63, 3.8) is 0 Å². The van der Waals surface area contributed by atoms with Crippen molar-refractivity contribution in [1.82, 2.24) is 0 Å². The summed E-state index contributed by atoms with van der Waals surface area (Å²) in [5.41, 5.74) is 0.434. The van der Waals surface area contributed by atoms with Crippen LogP contribution in [0, 0.1) is 0 Å². The number of methoxy groups -OCH3 is 1. The summed E-state index contributed by atoms with van der Waals surface area (Å²) in [6.07, 6.45) is -14.4. The summed E-state index contributed by atoms with van der Waals surface area (Å²) in [6.45, 7) is 4.37. The van der Waals surface area contributed by atoms with E-state index in [1.54, 1.807) is 30.3 Å². The van der Waals surface area contributed by atoms with E-state index in [0.717, 1.165) is 11.6 Å². The predicted molar refractivity (Wildman–Crippen MR) is 167 cm³/mol. The molecule has 15 nitrogen and oxygen atoms in total. The Morgan fingerprint density at radius 3 is 2.21 bits per heavy atom. The number of allylic oxidation sites excluding steroid dienone is 2. The van der Waals surface area contributed by atoms with Gasteiger partial charge in [-0.3, -0.25) is 4.79 Å². The Balaban J connectivity index is 1.65. The molecule has 0 amide bonds. The molecule has 2 aliphatic rings. The van der Waals surface area contributed by atoms with Gasteiger partial charge in [0.25, 0.3) is 0 Å².